The van der Waals surface area contributed by atoms with Crippen LogP contribution in [0.3, 0.4) is 0 Å². The highest BCUT2D eigenvalue weighted by Gasteiger charge is 2.54. The lowest BCUT2D eigenvalue weighted by Gasteiger charge is -2.19. The summed E-state index contributed by atoms with van der Waals surface area (Å²) in [7, 11) is -9.56. The van der Waals surface area contributed by atoms with Gasteiger partial charge in [0.15, 0.2) is 23.5 Å². The van der Waals surface area contributed by atoms with E-state index in [-0.39, 0.29) is 17.0 Å². The average Bonchev–Trinajstić information content (AvgIpc) is 3.15. The van der Waals surface area contributed by atoms with Gasteiger partial charge in [-0.3, -0.25) is 13.7 Å². The molecular formula is C13H19N5O10P2. The van der Waals surface area contributed by atoms with E-state index in [0.717, 1.165) is 0 Å². The van der Waals surface area contributed by atoms with Gasteiger partial charge in [0.05, 0.1) is 19.0 Å². The minimum Gasteiger partial charge on any atom is -0.387 e. The molecule has 6 N–H and O–H groups in total. The molecule has 0 bridgehead atoms. The number of hydrogen-bond donors (Lipinski definition) is 5. The van der Waals surface area contributed by atoms with Crippen molar-refractivity contribution in [3.8, 4) is 0 Å². The molecule has 2 aromatic heterocycles. The average molecular weight is 467 g/mol. The van der Waals surface area contributed by atoms with Crippen LogP contribution in [0.2, 0.25) is 0 Å². The quantitative estimate of drug-likeness (QED) is 0.246. The molecule has 4 heterocycles. The van der Waals surface area contributed by atoms with Gasteiger partial charge >= 0.3 is 15.4 Å². The molecule has 17 heteroatoms. The summed E-state index contributed by atoms with van der Waals surface area (Å²) in [5.74, 6) is -1.11. The predicted molar refractivity (Wildman–Crippen MR) is 96.7 cm³/mol. The molecule has 2 aliphatic rings. The number of phosphoric acid groups is 1. The summed E-state index contributed by atoms with van der Waals surface area (Å²) in [6.07, 6.45) is -3.59. The van der Waals surface area contributed by atoms with Gasteiger partial charge in [0.2, 0.25) is 0 Å². The van der Waals surface area contributed by atoms with Crippen LogP contribution in [0.25, 0.3) is 11.2 Å². The first-order chi connectivity index (χ1) is 14.0. The van der Waals surface area contributed by atoms with E-state index in [1.165, 1.54) is 24.1 Å². The van der Waals surface area contributed by atoms with E-state index in [0.29, 0.717) is 0 Å². The number of nitrogens with two attached hydrogens (primary N) is 1. The van der Waals surface area contributed by atoms with E-state index in [1.54, 1.807) is 0 Å². The fourth-order valence-corrected chi connectivity index (χ4v) is 6.01. The largest absolute Gasteiger partial charge is 0.479 e. The molecule has 8 atom stereocenters. The Kier molecular flexibility index (Phi) is 5.48. The third-order valence-electron chi connectivity index (χ3n) is 4.62. The maximum Gasteiger partial charge on any atom is 0.479 e. The Hall–Kier alpha value is -1.51. The van der Waals surface area contributed by atoms with Crippen LogP contribution >= 0.6 is 15.4 Å². The van der Waals surface area contributed by atoms with Crippen molar-refractivity contribution < 1.29 is 47.4 Å². The molecule has 0 aromatic carbocycles. The highest BCUT2D eigenvalue weighted by atomic mass is 31.3. The van der Waals surface area contributed by atoms with Crippen LogP contribution in [0.15, 0.2) is 12.7 Å². The number of rotatable bonds is 7. The number of phosphoric ester groups is 1. The van der Waals surface area contributed by atoms with Crippen LogP contribution in [0.5, 0.6) is 0 Å². The van der Waals surface area contributed by atoms with Crippen LogP contribution in [0, 0.1) is 0 Å². The van der Waals surface area contributed by atoms with E-state index in [2.05, 4.69) is 23.8 Å². The van der Waals surface area contributed by atoms with Gasteiger partial charge in [-0.05, 0) is 6.92 Å². The van der Waals surface area contributed by atoms with Gasteiger partial charge in [-0.15, -0.1) is 0 Å². The van der Waals surface area contributed by atoms with Crippen LogP contribution in [0.1, 0.15) is 13.2 Å². The number of nitrogen functional groups attached to an aromatic ring is 1. The van der Waals surface area contributed by atoms with Crippen molar-refractivity contribution in [3.63, 3.8) is 0 Å². The Morgan fingerprint density at radius 1 is 1.20 bits per heavy atom. The Labute approximate surface area is 168 Å². The fraction of sp³-hybridized carbons (Fsp3) is 0.615. The molecule has 0 aliphatic carbocycles. The molecule has 2 saturated heterocycles. The normalized spacial score (nSPS) is 35.2. The number of imidazole rings is 1. The molecule has 0 amide bonds. The van der Waals surface area contributed by atoms with Gasteiger partial charge in [0, 0.05) is 0 Å². The van der Waals surface area contributed by atoms with Crippen LogP contribution in [0.4, 0.5) is 5.82 Å². The van der Waals surface area contributed by atoms with E-state index < -0.39 is 58.5 Å². The zero-order valence-corrected chi connectivity index (χ0v) is 17.1. The Morgan fingerprint density at radius 3 is 2.57 bits per heavy atom. The van der Waals surface area contributed by atoms with E-state index >= 15 is 0 Å². The Bertz CT molecular complexity index is 1050. The van der Waals surface area contributed by atoms with Crippen molar-refractivity contribution in [2.45, 2.75) is 43.4 Å². The van der Waals surface area contributed by atoms with Gasteiger partial charge in [-0.1, -0.05) is 0 Å². The molecule has 4 rings (SSSR count). The first kappa shape index (κ1) is 21.7. The molecule has 2 unspecified atom stereocenters. The van der Waals surface area contributed by atoms with E-state index in [4.69, 9.17) is 15.2 Å². The van der Waals surface area contributed by atoms with Gasteiger partial charge in [-0.2, -0.15) is 0 Å². The van der Waals surface area contributed by atoms with Crippen LogP contribution in [-0.2, 0) is 27.4 Å². The lowest BCUT2D eigenvalue weighted by molar-refractivity contribution is -0.0502. The van der Waals surface area contributed by atoms with Gasteiger partial charge in [-0.25, -0.2) is 23.8 Å². The topological polar surface area (TPSA) is 225 Å². The minimum atomic E-state index is -5.00. The van der Waals surface area contributed by atoms with E-state index in [9.17, 15) is 29.1 Å². The van der Waals surface area contributed by atoms with Crippen molar-refractivity contribution in [2.75, 3.05) is 12.3 Å². The molecule has 0 spiro atoms. The number of aliphatic hydroxyl groups is 2. The van der Waals surface area contributed by atoms with Crippen molar-refractivity contribution in [1.82, 2.24) is 19.5 Å². The smallest absolute Gasteiger partial charge is 0.387 e. The molecule has 15 nitrogen and oxygen atoms in total. The number of aliphatic hydroxyl groups excluding tert-OH is 2. The number of hydrogen-bond acceptors (Lipinski definition) is 12. The molecule has 30 heavy (non-hydrogen) atoms. The van der Waals surface area contributed by atoms with Crippen molar-refractivity contribution in [2.24, 2.45) is 0 Å². The molecule has 166 valence electrons. The van der Waals surface area contributed by atoms with Crippen molar-refractivity contribution in [1.29, 1.82) is 0 Å². The minimum absolute atomic E-state index is 0.104. The zero-order chi connectivity index (χ0) is 21.8. The number of ether oxygens (including phenoxy) is 2. The Morgan fingerprint density at radius 2 is 1.90 bits per heavy atom. The maximum atomic E-state index is 12.0. The first-order valence-electron chi connectivity index (χ1n) is 8.61. The summed E-state index contributed by atoms with van der Waals surface area (Å²) in [6, 6.07) is 0. The second-order valence-electron chi connectivity index (χ2n) is 6.77. The second kappa shape index (κ2) is 7.57. The highest BCUT2D eigenvalue weighted by Crippen LogP contribution is 2.66. The lowest BCUT2D eigenvalue weighted by atomic mass is 10.1. The lowest BCUT2D eigenvalue weighted by Crippen LogP contribution is -2.33. The maximum absolute atomic E-state index is 12.0. The summed E-state index contributed by atoms with van der Waals surface area (Å²) < 4.78 is 44.6. The summed E-state index contributed by atoms with van der Waals surface area (Å²) in [6.45, 7) is 0.760. The van der Waals surface area contributed by atoms with E-state index in [1.807, 2.05) is 0 Å². The van der Waals surface area contributed by atoms with Gasteiger partial charge in [0.1, 0.15) is 30.2 Å². The van der Waals surface area contributed by atoms with Crippen LogP contribution in [-0.4, -0.2) is 76.4 Å². The second-order valence-corrected chi connectivity index (χ2v) is 10.3. The summed E-state index contributed by atoms with van der Waals surface area (Å²) >= 11 is 0. The number of aromatic nitrogens is 4. The van der Waals surface area contributed by atoms with Crippen molar-refractivity contribution >= 4 is 32.4 Å². The Balaban J connectivity index is 1.44. The molecule has 2 aliphatic heterocycles. The summed E-state index contributed by atoms with van der Waals surface area (Å²) in [4.78, 5) is 31.3. The molecule has 0 saturated carbocycles. The molecule has 2 fully saturated rings. The highest BCUT2D eigenvalue weighted by molar-refractivity contribution is 7.64. The third kappa shape index (κ3) is 4.01. The van der Waals surface area contributed by atoms with Crippen molar-refractivity contribution in [3.05, 3.63) is 12.7 Å². The fourth-order valence-electron chi connectivity index (χ4n) is 3.06. The SMILES string of the molecule is C[C@H]1O[C@H]1P(=O)(O)OP(=O)(O)OC[C@H]1O[C@H](n2cnc3c(N)ncnc32)[C@H](O)[C@H]1O. The standard InChI is InChI=1S/C13H19N5O10P2/c1-5-13(26-5)29(21,22)28-30(23,24)25-2-6-8(19)9(20)12(27-6)18-4-17-7-10(14)15-3-16-11(7)18/h3-6,8-9,12-13,19-20H,2H2,1H3,(H,21,22)(H,23,24)(H2,14,15,16)/t5-,6-,8+,9-,12+,13+/m1/s1. The monoisotopic (exact) mass is 467 g/mol. The molecule has 0 radical (unpaired) electrons. The predicted octanol–water partition coefficient (Wildman–Crippen LogP) is -0.909. The summed E-state index contributed by atoms with van der Waals surface area (Å²) in [5.41, 5.74) is 6.20. The third-order valence-corrected chi connectivity index (χ3v) is 8.04. The number of epoxide rings is 1. The van der Waals surface area contributed by atoms with Gasteiger partial charge < -0.3 is 35.2 Å². The van der Waals surface area contributed by atoms with Crippen LogP contribution < -0.4 is 5.73 Å². The summed E-state index contributed by atoms with van der Waals surface area (Å²) in [5, 5.41) is 20.6. The number of fused-ring (bicyclic) bond motifs is 1. The van der Waals surface area contributed by atoms with Gasteiger partial charge in [0.25, 0.3) is 0 Å². The number of anilines is 1. The molecule has 2 aromatic rings. The first-order valence-corrected chi connectivity index (χ1v) is 11.8. The molecular weight excluding hydrogens is 448 g/mol. The number of nitrogens with zero attached hydrogens (tertiary/aromatic N) is 4. The zero-order valence-electron chi connectivity index (χ0n) is 15.3.